The minimum absolute atomic E-state index is 0.178. The van der Waals surface area contributed by atoms with Crippen LogP contribution in [0.25, 0.3) is 0 Å². The number of benzene rings is 1. The van der Waals surface area contributed by atoms with E-state index in [0.29, 0.717) is 0 Å². The molecule has 1 aromatic carbocycles. The van der Waals surface area contributed by atoms with Crippen LogP contribution in [0.15, 0.2) is 35.9 Å². The zero-order valence-corrected chi connectivity index (χ0v) is 12.5. The van der Waals surface area contributed by atoms with Crippen LogP contribution in [0.2, 0.25) is 0 Å². The summed E-state index contributed by atoms with van der Waals surface area (Å²) in [6.45, 7) is 8.44. The first-order chi connectivity index (χ1) is 9.36. The van der Waals surface area contributed by atoms with Crippen molar-refractivity contribution in [2.75, 3.05) is 18.0 Å². The molecule has 0 spiro atoms. The molecule has 1 aliphatic rings. The highest BCUT2D eigenvalue weighted by Gasteiger charge is 2.17. The van der Waals surface area contributed by atoms with Gasteiger partial charge in [0.1, 0.15) is 0 Å². The SMILES string of the molecule is CC(C)(C)c1ccc(N2CCC(=CC(=O)O)CC2)cc1. The smallest absolute Gasteiger partial charge is 0.328 e. The van der Waals surface area contributed by atoms with E-state index in [4.69, 9.17) is 5.11 Å². The van der Waals surface area contributed by atoms with E-state index in [1.807, 2.05) is 0 Å². The molecule has 1 aromatic rings. The molecule has 0 radical (unpaired) electrons. The van der Waals surface area contributed by atoms with Crippen molar-refractivity contribution in [1.82, 2.24) is 0 Å². The van der Waals surface area contributed by atoms with E-state index in [2.05, 4.69) is 49.9 Å². The topological polar surface area (TPSA) is 40.5 Å². The van der Waals surface area contributed by atoms with E-state index in [1.54, 1.807) is 0 Å². The molecule has 0 aliphatic carbocycles. The summed E-state index contributed by atoms with van der Waals surface area (Å²) in [5.41, 5.74) is 3.79. The number of anilines is 1. The first-order valence-electron chi connectivity index (χ1n) is 7.14. The number of nitrogens with zero attached hydrogens (tertiary/aromatic N) is 1. The Labute approximate surface area is 120 Å². The zero-order valence-electron chi connectivity index (χ0n) is 12.5. The van der Waals surface area contributed by atoms with Crippen LogP contribution in [0.5, 0.6) is 0 Å². The Morgan fingerprint density at radius 3 is 2.15 bits per heavy atom. The van der Waals surface area contributed by atoms with Gasteiger partial charge in [-0.3, -0.25) is 0 Å². The highest BCUT2D eigenvalue weighted by molar-refractivity contribution is 5.80. The molecule has 0 amide bonds. The fraction of sp³-hybridized carbons (Fsp3) is 0.471. The second-order valence-electron chi connectivity index (χ2n) is 6.42. The van der Waals surface area contributed by atoms with E-state index >= 15 is 0 Å². The lowest BCUT2D eigenvalue weighted by atomic mass is 9.87. The third-order valence-electron chi connectivity index (χ3n) is 3.83. The summed E-state index contributed by atoms with van der Waals surface area (Å²) in [5.74, 6) is -0.831. The van der Waals surface area contributed by atoms with Crippen molar-refractivity contribution in [3.8, 4) is 0 Å². The van der Waals surface area contributed by atoms with Gasteiger partial charge in [0.2, 0.25) is 0 Å². The molecule has 1 N–H and O–H groups in total. The molecular weight excluding hydrogens is 250 g/mol. The van der Waals surface area contributed by atoms with Gasteiger partial charge in [0.15, 0.2) is 0 Å². The third-order valence-corrected chi connectivity index (χ3v) is 3.83. The van der Waals surface area contributed by atoms with Gasteiger partial charge >= 0.3 is 5.97 Å². The lowest BCUT2D eigenvalue weighted by Crippen LogP contribution is -2.30. The first kappa shape index (κ1) is 14.6. The van der Waals surface area contributed by atoms with Gasteiger partial charge < -0.3 is 10.0 Å². The largest absolute Gasteiger partial charge is 0.478 e. The van der Waals surface area contributed by atoms with E-state index < -0.39 is 5.97 Å². The van der Waals surface area contributed by atoms with Crippen LogP contribution in [-0.4, -0.2) is 24.2 Å². The molecule has 1 fully saturated rings. The van der Waals surface area contributed by atoms with Crippen LogP contribution in [0.3, 0.4) is 0 Å². The van der Waals surface area contributed by atoms with Crippen molar-refractivity contribution >= 4 is 11.7 Å². The Kier molecular flexibility index (Phi) is 4.17. The predicted molar refractivity (Wildman–Crippen MR) is 82.3 cm³/mol. The van der Waals surface area contributed by atoms with Gasteiger partial charge in [-0.15, -0.1) is 0 Å². The average Bonchev–Trinajstić information content (AvgIpc) is 2.38. The van der Waals surface area contributed by atoms with Crippen molar-refractivity contribution in [3.63, 3.8) is 0 Å². The molecule has 2 rings (SSSR count). The number of hydrogen-bond donors (Lipinski definition) is 1. The fourth-order valence-electron chi connectivity index (χ4n) is 2.54. The molecule has 1 saturated heterocycles. The Bertz CT molecular complexity index is 499. The molecule has 3 nitrogen and oxygen atoms in total. The van der Waals surface area contributed by atoms with E-state index in [9.17, 15) is 4.79 Å². The molecule has 0 unspecified atom stereocenters. The minimum atomic E-state index is -0.831. The van der Waals surface area contributed by atoms with Crippen LogP contribution >= 0.6 is 0 Å². The highest BCUT2D eigenvalue weighted by atomic mass is 16.4. The summed E-state index contributed by atoms with van der Waals surface area (Å²) in [4.78, 5) is 13.0. The third kappa shape index (κ3) is 3.62. The number of carboxylic acid groups (broad SMARTS) is 1. The standard InChI is InChI=1S/C17H23NO2/c1-17(2,3)14-4-6-15(7-5-14)18-10-8-13(9-11-18)12-16(19)20/h4-7,12H,8-11H2,1-3H3,(H,19,20). The van der Waals surface area contributed by atoms with Gasteiger partial charge in [0, 0.05) is 24.9 Å². The number of carboxylic acids is 1. The predicted octanol–water partition coefficient (Wildman–Crippen LogP) is 3.60. The molecule has 0 aromatic heterocycles. The number of carbonyl (C=O) groups is 1. The molecule has 20 heavy (non-hydrogen) atoms. The maximum absolute atomic E-state index is 10.7. The maximum Gasteiger partial charge on any atom is 0.328 e. The average molecular weight is 273 g/mol. The molecule has 108 valence electrons. The van der Waals surface area contributed by atoms with Crippen molar-refractivity contribution in [1.29, 1.82) is 0 Å². The van der Waals surface area contributed by atoms with Crippen LogP contribution in [-0.2, 0) is 10.2 Å². The van der Waals surface area contributed by atoms with Gasteiger partial charge in [0.05, 0.1) is 0 Å². The van der Waals surface area contributed by atoms with Crippen LogP contribution in [0.4, 0.5) is 5.69 Å². The second-order valence-corrected chi connectivity index (χ2v) is 6.42. The number of rotatable bonds is 2. The molecule has 3 heteroatoms. The van der Waals surface area contributed by atoms with Crippen molar-refractivity contribution in [2.24, 2.45) is 0 Å². The van der Waals surface area contributed by atoms with Gasteiger partial charge in [0.25, 0.3) is 0 Å². The van der Waals surface area contributed by atoms with Crippen molar-refractivity contribution in [3.05, 3.63) is 41.5 Å². The Morgan fingerprint density at radius 1 is 1.15 bits per heavy atom. The molecule has 1 heterocycles. The van der Waals surface area contributed by atoms with Gasteiger partial charge in [-0.25, -0.2) is 4.79 Å². The molecule has 0 saturated carbocycles. The van der Waals surface area contributed by atoms with Gasteiger partial charge in [-0.05, 0) is 36.0 Å². The quantitative estimate of drug-likeness (QED) is 0.837. The van der Waals surface area contributed by atoms with E-state index in [1.165, 1.54) is 17.3 Å². The summed E-state index contributed by atoms with van der Waals surface area (Å²) in [6, 6.07) is 8.73. The number of piperidine rings is 1. The van der Waals surface area contributed by atoms with Crippen molar-refractivity contribution in [2.45, 2.75) is 39.0 Å². The van der Waals surface area contributed by atoms with Gasteiger partial charge in [-0.1, -0.05) is 38.5 Å². The van der Waals surface area contributed by atoms with Crippen LogP contribution in [0, 0.1) is 0 Å². The summed E-state index contributed by atoms with van der Waals surface area (Å²) in [5, 5.41) is 8.77. The monoisotopic (exact) mass is 273 g/mol. The van der Waals surface area contributed by atoms with E-state index in [0.717, 1.165) is 31.5 Å². The lowest BCUT2D eigenvalue weighted by Gasteiger charge is -2.31. The van der Waals surface area contributed by atoms with E-state index in [-0.39, 0.29) is 5.41 Å². The molecular formula is C17H23NO2. The second kappa shape index (κ2) is 5.70. The Morgan fingerprint density at radius 2 is 1.70 bits per heavy atom. The summed E-state index contributed by atoms with van der Waals surface area (Å²) >= 11 is 0. The lowest BCUT2D eigenvalue weighted by molar-refractivity contribution is -0.131. The summed E-state index contributed by atoms with van der Waals surface area (Å²) in [7, 11) is 0. The Balaban J connectivity index is 2.02. The minimum Gasteiger partial charge on any atom is -0.478 e. The molecule has 0 bridgehead atoms. The fourth-order valence-corrected chi connectivity index (χ4v) is 2.54. The van der Waals surface area contributed by atoms with Gasteiger partial charge in [-0.2, -0.15) is 0 Å². The Hall–Kier alpha value is -1.77. The first-order valence-corrected chi connectivity index (χ1v) is 7.14. The van der Waals surface area contributed by atoms with Crippen LogP contribution < -0.4 is 4.90 Å². The van der Waals surface area contributed by atoms with Crippen molar-refractivity contribution < 1.29 is 9.90 Å². The normalized spacial score (nSPS) is 16.1. The number of hydrogen-bond acceptors (Lipinski definition) is 2. The summed E-state index contributed by atoms with van der Waals surface area (Å²) in [6.07, 6.45) is 3.04. The molecule has 1 aliphatic heterocycles. The number of aliphatic carboxylic acids is 1. The highest BCUT2D eigenvalue weighted by Crippen LogP contribution is 2.27. The maximum atomic E-state index is 10.7. The summed E-state index contributed by atoms with van der Waals surface area (Å²) < 4.78 is 0. The zero-order chi connectivity index (χ0) is 14.8. The van der Waals surface area contributed by atoms with Crippen LogP contribution in [0.1, 0.15) is 39.2 Å². The molecule has 0 atom stereocenters.